The van der Waals surface area contributed by atoms with Crippen molar-refractivity contribution in [1.82, 2.24) is 20.4 Å². The Kier molecular flexibility index (Phi) is 9.84. The number of carbonyl (C=O) groups excluding carboxylic acids is 1. The Hall–Kier alpha value is -3.06. The van der Waals surface area contributed by atoms with Gasteiger partial charge in [0.05, 0.1) is 13.7 Å². The van der Waals surface area contributed by atoms with Crippen molar-refractivity contribution in [2.75, 3.05) is 47.9 Å². The number of likely N-dealkylation sites (N-methyl/N-ethyl adjacent to an activating group) is 1. The number of rotatable bonds is 10. The second kappa shape index (κ2) is 12.6. The lowest BCUT2D eigenvalue weighted by molar-refractivity contribution is 0.0951. The van der Waals surface area contributed by atoms with Crippen LogP contribution in [0.5, 0.6) is 5.75 Å². The highest BCUT2D eigenvalue weighted by atomic mass is 16.5. The number of guanidine groups is 1. The average Bonchev–Trinajstić information content (AvgIpc) is 2.76. The number of hydrogen-bond donors (Lipinski definition) is 2. The maximum atomic E-state index is 12.4. The van der Waals surface area contributed by atoms with E-state index in [0.717, 1.165) is 35.9 Å². The monoisotopic (exact) mass is 425 g/mol. The molecule has 31 heavy (non-hydrogen) atoms. The van der Waals surface area contributed by atoms with E-state index >= 15 is 0 Å². The molecule has 0 saturated carbocycles. The van der Waals surface area contributed by atoms with E-state index < -0.39 is 0 Å². The highest BCUT2D eigenvalue weighted by Crippen LogP contribution is 2.18. The third-order valence-corrected chi connectivity index (χ3v) is 4.74. The van der Waals surface area contributed by atoms with Crippen molar-refractivity contribution in [1.29, 1.82) is 0 Å². The Morgan fingerprint density at radius 2 is 1.84 bits per heavy atom. The number of carbonyl (C=O) groups is 1. The molecule has 0 heterocycles. The summed E-state index contributed by atoms with van der Waals surface area (Å²) in [6, 6.07) is 15.6. The van der Waals surface area contributed by atoms with Gasteiger partial charge in [-0.2, -0.15) is 0 Å². The fourth-order valence-corrected chi connectivity index (χ4v) is 3.11. The van der Waals surface area contributed by atoms with Gasteiger partial charge in [0.25, 0.3) is 5.91 Å². The molecule has 0 bridgehead atoms. The van der Waals surface area contributed by atoms with Crippen LogP contribution in [0.4, 0.5) is 0 Å². The number of nitrogens with one attached hydrogen (secondary N) is 2. The Balaban J connectivity index is 2.06. The molecule has 2 aromatic carbocycles. The van der Waals surface area contributed by atoms with E-state index in [2.05, 4.69) is 21.6 Å². The lowest BCUT2D eigenvalue weighted by Crippen LogP contribution is -2.38. The number of benzene rings is 2. The number of para-hydroxylation sites is 1. The zero-order valence-electron chi connectivity index (χ0n) is 19.3. The molecule has 0 atom stereocenters. The normalized spacial score (nSPS) is 11.4. The van der Waals surface area contributed by atoms with Crippen molar-refractivity contribution < 1.29 is 9.53 Å². The van der Waals surface area contributed by atoms with E-state index in [1.54, 1.807) is 7.11 Å². The van der Waals surface area contributed by atoms with Gasteiger partial charge in [-0.3, -0.25) is 4.79 Å². The molecular weight excluding hydrogens is 390 g/mol. The third-order valence-electron chi connectivity index (χ3n) is 4.74. The molecule has 0 aliphatic heterocycles. The Morgan fingerprint density at radius 1 is 1.06 bits per heavy atom. The number of methoxy groups -OCH3 is 1. The molecular formula is C24H35N5O2. The number of ether oxygens (including phenoxy) is 1. The molecule has 0 aliphatic rings. The van der Waals surface area contributed by atoms with Crippen molar-refractivity contribution >= 4 is 11.9 Å². The molecule has 2 aromatic rings. The van der Waals surface area contributed by atoms with Gasteiger partial charge < -0.3 is 25.2 Å². The lowest BCUT2D eigenvalue weighted by Gasteiger charge is -2.23. The van der Waals surface area contributed by atoms with Crippen LogP contribution in [0.25, 0.3) is 0 Å². The minimum Gasteiger partial charge on any atom is -0.496 e. The Bertz CT molecular complexity index is 867. The predicted octanol–water partition coefficient (Wildman–Crippen LogP) is 2.58. The molecule has 0 radical (unpaired) electrons. The van der Waals surface area contributed by atoms with Crippen LogP contribution in [-0.2, 0) is 13.1 Å². The molecule has 7 nitrogen and oxygen atoms in total. The van der Waals surface area contributed by atoms with E-state index in [1.165, 1.54) is 0 Å². The van der Waals surface area contributed by atoms with Crippen LogP contribution in [0.2, 0.25) is 0 Å². The Labute approximate surface area is 186 Å². The molecule has 7 heteroatoms. The SMILES string of the molecule is CCNC(=NCc1cccc(C(=O)NCCN(C)C)c1)N(C)Cc1ccccc1OC. The van der Waals surface area contributed by atoms with Gasteiger partial charge in [0, 0.05) is 44.4 Å². The zero-order valence-corrected chi connectivity index (χ0v) is 19.3. The first-order valence-electron chi connectivity index (χ1n) is 10.6. The van der Waals surface area contributed by atoms with E-state index in [9.17, 15) is 4.79 Å². The van der Waals surface area contributed by atoms with E-state index in [-0.39, 0.29) is 5.91 Å². The number of amides is 1. The first-order valence-corrected chi connectivity index (χ1v) is 10.6. The van der Waals surface area contributed by atoms with Crippen LogP contribution in [0, 0.1) is 0 Å². The standard InChI is InChI=1S/C24H35N5O2/c1-6-25-24(29(4)18-21-11-7-8-13-22(21)31-5)27-17-19-10-9-12-20(16-19)23(30)26-14-15-28(2)3/h7-13,16H,6,14-15,17-18H2,1-5H3,(H,25,27)(H,26,30). The fraction of sp³-hybridized carbons (Fsp3) is 0.417. The van der Waals surface area contributed by atoms with Crippen molar-refractivity contribution in [3.05, 3.63) is 65.2 Å². The van der Waals surface area contributed by atoms with Gasteiger partial charge in [-0.15, -0.1) is 0 Å². The lowest BCUT2D eigenvalue weighted by atomic mass is 10.1. The molecule has 0 unspecified atom stereocenters. The number of aliphatic imine (C=N–C) groups is 1. The molecule has 168 valence electrons. The average molecular weight is 426 g/mol. The molecule has 2 N–H and O–H groups in total. The smallest absolute Gasteiger partial charge is 0.251 e. The first kappa shape index (κ1) is 24.2. The highest BCUT2D eigenvalue weighted by molar-refractivity contribution is 5.94. The minimum atomic E-state index is -0.0622. The molecule has 0 fully saturated rings. The predicted molar refractivity (Wildman–Crippen MR) is 127 cm³/mol. The van der Waals surface area contributed by atoms with Crippen LogP contribution in [-0.4, -0.2) is 69.6 Å². The van der Waals surface area contributed by atoms with Crippen LogP contribution < -0.4 is 15.4 Å². The molecule has 1 amide bonds. The summed E-state index contributed by atoms with van der Waals surface area (Å²) in [4.78, 5) is 21.3. The molecule has 0 aliphatic carbocycles. The maximum absolute atomic E-state index is 12.4. The van der Waals surface area contributed by atoms with Crippen LogP contribution in [0.3, 0.4) is 0 Å². The van der Waals surface area contributed by atoms with Crippen molar-refractivity contribution in [3.8, 4) is 5.75 Å². The van der Waals surface area contributed by atoms with Crippen molar-refractivity contribution in [2.45, 2.75) is 20.0 Å². The largest absolute Gasteiger partial charge is 0.496 e. The van der Waals surface area contributed by atoms with Gasteiger partial charge in [0.15, 0.2) is 5.96 Å². The summed E-state index contributed by atoms with van der Waals surface area (Å²) in [6.45, 7) is 5.39. The topological polar surface area (TPSA) is 69.2 Å². The molecule has 0 saturated heterocycles. The van der Waals surface area contributed by atoms with Gasteiger partial charge in [-0.1, -0.05) is 30.3 Å². The zero-order chi connectivity index (χ0) is 22.6. The van der Waals surface area contributed by atoms with E-state index in [4.69, 9.17) is 9.73 Å². The summed E-state index contributed by atoms with van der Waals surface area (Å²) >= 11 is 0. The molecule has 0 aromatic heterocycles. The summed E-state index contributed by atoms with van der Waals surface area (Å²) in [5, 5.41) is 6.29. The highest BCUT2D eigenvalue weighted by Gasteiger charge is 2.10. The molecule has 2 rings (SSSR count). The summed E-state index contributed by atoms with van der Waals surface area (Å²) in [7, 11) is 7.65. The Morgan fingerprint density at radius 3 is 2.55 bits per heavy atom. The van der Waals surface area contributed by atoms with Gasteiger partial charge in [-0.05, 0) is 44.8 Å². The van der Waals surface area contributed by atoms with Crippen molar-refractivity contribution in [3.63, 3.8) is 0 Å². The van der Waals surface area contributed by atoms with Crippen LogP contribution >= 0.6 is 0 Å². The van der Waals surface area contributed by atoms with Gasteiger partial charge in [0.2, 0.25) is 0 Å². The summed E-state index contributed by atoms with van der Waals surface area (Å²) in [6.07, 6.45) is 0. The van der Waals surface area contributed by atoms with E-state index in [0.29, 0.717) is 25.2 Å². The third kappa shape index (κ3) is 7.94. The second-order valence-corrected chi connectivity index (χ2v) is 7.60. The van der Waals surface area contributed by atoms with Crippen LogP contribution in [0.1, 0.15) is 28.4 Å². The van der Waals surface area contributed by atoms with Gasteiger partial charge >= 0.3 is 0 Å². The fourth-order valence-electron chi connectivity index (χ4n) is 3.11. The maximum Gasteiger partial charge on any atom is 0.251 e. The summed E-state index contributed by atoms with van der Waals surface area (Å²) in [5.41, 5.74) is 2.73. The first-order chi connectivity index (χ1) is 14.9. The quantitative estimate of drug-likeness (QED) is 0.452. The number of hydrogen-bond acceptors (Lipinski definition) is 4. The second-order valence-electron chi connectivity index (χ2n) is 7.60. The van der Waals surface area contributed by atoms with E-state index in [1.807, 2.05) is 75.4 Å². The van der Waals surface area contributed by atoms with Crippen LogP contribution in [0.15, 0.2) is 53.5 Å². The van der Waals surface area contributed by atoms with Gasteiger partial charge in [-0.25, -0.2) is 4.99 Å². The number of nitrogens with zero attached hydrogens (tertiary/aromatic N) is 3. The molecule has 0 spiro atoms. The van der Waals surface area contributed by atoms with Crippen molar-refractivity contribution in [2.24, 2.45) is 4.99 Å². The summed E-state index contributed by atoms with van der Waals surface area (Å²) in [5.74, 6) is 1.60. The van der Waals surface area contributed by atoms with Gasteiger partial charge in [0.1, 0.15) is 5.75 Å². The minimum absolute atomic E-state index is 0.0622. The summed E-state index contributed by atoms with van der Waals surface area (Å²) < 4.78 is 5.46.